The summed E-state index contributed by atoms with van der Waals surface area (Å²) in [6.07, 6.45) is -1.24. The van der Waals surface area contributed by atoms with Crippen LogP contribution in [0, 0.1) is 0 Å². The van der Waals surface area contributed by atoms with Crippen LogP contribution in [0.15, 0.2) is 60.7 Å². The molecule has 2 aromatic carbocycles. The summed E-state index contributed by atoms with van der Waals surface area (Å²) in [7, 11) is 0. The fourth-order valence-electron chi connectivity index (χ4n) is 2.21. The van der Waals surface area contributed by atoms with Gasteiger partial charge in [0.2, 0.25) is 0 Å². The van der Waals surface area contributed by atoms with Crippen LogP contribution >= 0.6 is 0 Å². The first kappa shape index (κ1) is 17.4. The molecular formula is C19H18O5. The van der Waals surface area contributed by atoms with Crippen LogP contribution in [-0.2, 0) is 20.7 Å². The Balaban J connectivity index is 2.11. The minimum absolute atomic E-state index is 0.172. The Morgan fingerprint density at radius 1 is 0.875 bits per heavy atom. The molecule has 124 valence electrons. The number of carbonyl (C=O) groups excluding carboxylic acids is 2. The van der Waals surface area contributed by atoms with Gasteiger partial charge in [-0.15, -0.1) is 0 Å². The Labute approximate surface area is 139 Å². The Hall–Kier alpha value is -2.95. The molecule has 0 saturated carbocycles. The highest BCUT2D eigenvalue weighted by atomic mass is 16.5. The molecule has 1 atom stereocenters. The highest BCUT2D eigenvalue weighted by Gasteiger charge is 2.24. The Morgan fingerprint density at radius 2 is 1.46 bits per heavy atom. The zero-order valence-electron chi connectivity index (χ0n) is 13.1. The van der Waals surface area contributed by atoms with Gasteiger partial charge in [-0.25, -0.2) is 4.79 Å². The maximum Gasteiger partial charge on any atom is 0.338 e. The minimum atomic E-state index is -1.06. The first-order valence-corrected chi connectivity index (χ1v) is 7.60. The molecule has 0 amide bonds. The Morgan fingerprint density at radius 3 is 2.04 bits per heavy atom. The number of hydrogen-bond acceptors (Lipinski definition) is 4. The highest BCUT2D eigenvalue weighted by molar-refractivity contribution is 5.93. The van der Waals surface area contributed by atoms with Gasteiger partial charge >= 0.3 is 11.9 Å². The zero-order valence-corrected chi connectivity index (χ0v) is 13.1. The van der Waals surface area contributed by atoms with Gasteiger partial charge in [-0.2, -0.15) is 0 Å². The number of carboxylic acid groups (broad SMARTS) is 1. The summed E-state index contributed by atoms with van der Waals surface area (Å²) in [5.41, 5.74) is 1.19. The van der Waals surface area contributed by atoms with E-state index in [9.17, 15) is 14.4 Å². The van der Waals surface area contributed by atoms with Gasteiger partial charge in [0.15, 0.2) is 11.9 Å². The molecule has 5 nitrogen and oxygen atoms in total. The first-order chi connectivity index (χ1) is 11.6. The lowest BCUT2D eigenvalue weighted by Gasteiger charge is -2.17. The third-order valence-corrected chi connectivity index (χ3v) is 3.47. The second-order valence-electron chi connectivity index (χ2n) is 5.31. The van der Waals surface area contributed by atoms with Gasteiger partial charge in [0.25, 0.3) is 0 Å². The average Bonchev–Trinajstić information content (AvgIpc) is 2.60. The van der Waals surface area contributed by atoms with Crippen LogP contribution in [0.4, 0.5) is 0 Å². The maximum absolute atomic E-state index is 12.3. The third kappa shape index (κ3) is 5.35. The van der Waals surface area contributed by atoms with E-state index < -0.39 is 23.8 Å². The standard InChI is InChI=1S/C19H18O5/c20-16(11-12-18(21)22)17(13-14-7-3-1-4-8-14)24-19(23)15-9-5-2-6-10-15/h1-10,17H,11-13H2,(H,21,22). The minimum Gasteiger partial charge on any atom is -0.481 e. The average molecular weight is 326 g/mol. The van der Waals surface area contributed by atoms with E-state index in [4.69, 9.17) is 9.84 Å². The quantitative estimate of drug-likeness (QED) is 0.754. The van der Waals surface area contributed by atoms with Crippen LogP contribution in [0.25, 0.3) is 0 Å². The molecule has 24 heavy (non-hydrogen) atoms. The number of ketones is 1. The van der Waals surface area contributed by atoms with E-state index in [0.717, 1.165) is 5.56 Å². The molecule has 5 heteroatoms. The predicted octanol–water partition coefficient (Wildman–Crippen LogP) is 2.89. The molecule has 0 bridgehead atoms. The van der Waals surface area contributed by atoms with Gasteiger partial charge < -0.3 is 9.84 Å². The molecule has 0 saturated heterocycles. The van der Waals surface area contributed by atoms with E-state index in [2.05, 4.69) is 0 Å². The molecule has 0 spiro atoms. The molecule has 2 rings (SSSR count). The van der Waals surface area contributed by atoms with Crippen molar-refractivity contribution in [1.82, 2.24) is 0 Å². The summed E-state index contributed by atoms with van der Waals surface area (Å²) in [6.45, 7) is 0. The number of hydrogen-bond donors (Lipinski definition) is 1. The zero-order chi connectivity index (χ0) is 17.4. The molecular weight excluding hydrogens is 308 g/mol. The van der Waals surface area contributed by atoms with Gasteiger partial charge in [0.05, 0.1) is 12.0 Å². The van der Waals surface area contributed by atoms with Crippen molar-refractivity contribution >= 4 is 17.7 Å². The summed E-state index contributed by atoms with van der Waals surface area (Å²) >= 11 is 0. The maximum atomic E-state index is 12.3. The summed E-state index contributed by atoms with van der Waals surface area (Å²) < 4.78 is 5.35. The molecule has 0 aliphatic rings. The molecule has 0 radical (unpaired) electrons. The van der Waals surface area contributed by atoms with Crippen molar-refractivity contribution in [3.05, 3.63) is 71.8 Å². The largest absolute Gasteiger partial charge is 0.481 e. The Bertz CT molecular complexity index is 694. The van der Waals surface area contributed by atoms with E-state index in [1.807, 2.05) is 30.3 Å². The number of carboxylic acids is 1. The SMILES string of the molecule is O=C(O)CCC(=O)C(Cc1ccccc1)OC(=O)c1ccccc1. The van der Waals surface area contributed by atoms with Crippen molar-refractivity contribution in [1.29, 1.82) is 0 Å². The molecule has 0 aromatic heterocycles. The number of aliphatic carboxylic acids is 1. The van der Waals surface area contributed by atoms with Crippen LogP contribution in [0.3, 0.4) is 0 Å². The monoisotopic (exact) mass is 326 g/mol. The second kappa shape index (κ2) is 8.62. The van der Waals surface area contributed by atoms with Crippen molar-refractivity contribution in [2.45, 2.75) is 25.4 Å². The smallest absolute Gasteiger partial charge is 0.338 e. The molecule has 1 unspecified atom stereocenters. The van der Waals surface area contributed by atoms with Crippen molar-refractivity contribution in [3.8, 4) is 0 Å². The lowest BCUT2D eigenvalue weighted by Crippen LogP contribution is -2.30. The van der Waals surface area contributed by atoms with Crippen LogP contribution in [0.1, 0.15) is 28.8 Å². The van der Waals surface area contributed by atoms with Crippen molar-refractivity contribution in [2.24, 2.45) is 0 Å². The first-order valence-electron chi connectivity index (χ1n) is 7.60. The lowest BCUT2D eigenvalue weighted by molar-refractivity contribution is -0.139. The van der Waals surface area contributed by atoms with E-state index in [-0.39, 0.29) is 19.3 Å². The fraction of sp³-hybridized carbons (Fsp3) is 0.211. The Kier molecular flexibility index (Phi) is 6.25. The van der Waals surface area contributed by atoms with Gasteiger partial charge in [0.1, 0.15) is 0 Å². The van der Waals surface area contributed by atoms with Crippen LogP contribution in [0.5, 0.6) is 0 Å². The van der Waals surface area contributed by atoms with Gasteiger partial charge in [-0.3, -0.25) is 9.59 Å². The van der Waals surface area contributed by atoms with E-state index in [0.29, 0.717) is 5.56 Å². The summed E-state index contributed by atoms with van der Waals surface area (Å²) in [6, 6.07) is 17.5. The molecule has 0 aliphatic carbocycles. The topological polar surface area (TPSA) is 80.7 Å². The van der Waals surface area contributed by atoms with Crippen LogP contribution in [-0.4, -0.2) is 28.9 Å². The van der Waals surface area contributed by atoms with E-state index in [1.54, 1.807) is 30.3 Å². The van der Waals surface area contributed by atoms with Crippen LogP contribution in [0.2, 0.25) is 0 Å². The lowest BCUT2D eigenvalue weighted by atomic mass is 10.0. The van der Waals surface area contributed by atoms with Gasteiger partial charge in [-0.05, 0) is 17.7 Å². The third-order valence-electron chi connectivity index (χ3n) is 3.47. The number of carbonyl (C=O) groups is 3. The van der Waals surface area contributed by atoms with Crippen LogP contribution < -0.4 is 0 Å². The molecule has 0 fully saturated rings. The van der Waals surface area contributed by atoms with Crippen molar-refractivity contribution < 1.29 is 24.2 Å². The number of esters is 1. The fourth-order valence-corrected chi connectivity index (χ4v) is 2.21. The number of Topliss-reactive ketones (excluding diaryl/α,β-unsaturated/α-hetero) is 1. The highest BCUT2D eigenvalue weighted by Crippen LogP contribution is 2.13. The van der Waals surface area contributed by atoms with Gasteiger partial charge in [-0.1, -0.05) is 48.5 Å². The normalized spacial score (nSPS) is 11.5. The van der Waals surface area contributed by atoms with Crippen molar-refractivity contribution in [3.63, 3.8) is 0 Å². The number of benzene rings is 2. The second-order valence-corrected chi connectivity index (χ2v) is 5.31. The predicted molar refractivity (Wildman–Crippen MR) is 87.7 cm³/mol. The molecule has 0 heterocycles. The number of ether oxygens (including phenoxy) is 1. The summed E-state index contributed by atoms with van der Waals surface area (Å²) in [5, 5.41) is 8.73. The van der Waals surface area contributed by atoms with Gasteiger partial charge in [0, 0.05) is 12.8 Å². The molecule has 1 N–H and O–H groups in total. The van der Waals surface area contributed by atoms with E-state index in [1.165, 1.54) is 0 Å². The summed E-state index contributed by atoms with van der Waals surface area (Å²) in [4.78, 5) is 35.1. The van der Waals surface area contributed by atoms with E-state index >= 15 is 0 Å². The molecule has 0 aliphatic heterocycles. The summed E-state index contributed by atoms with van der Waals surface area (Å²) in [5.74, 6) is -2.05. The number of rotatable bonds is 8. The van der Waals surface area contributed by atoms with Crippen molar-refractivity contribution in [2.75, 3.05) is 0 Å². The molecule has 2 aromatic rings.